The van der Waals surface area contributed by atoms with Gasteiger partial charge in [-0.25, -0.2) is 8.42 Å². The molecular formula is C12H20N2O2S2. The molecule has 0 saturated heterocycles. The Kier molecular flexibility index (Phi) is 5.52. The van der Waals surface area contributed by atoms with Crippen LogP contribution in [0.5, 0.6) is 0 Å². The van der Waals surface area contributed by atoms with Gasteiger partial charge in [0.05, 0.1) is 4.90 Å². The molecule has 1 N–H and O–H groups in total. The van der Waals surface area contributed by atoms with E-state index >= 15 is 0 Å². The number of thiophene rings is 1. The van der Waals surface area contributed by atoms with Crippen LogP contribution in [0.3, 0.4) is 0 Å². The number of sulfonamides is 1. The van der Waals surface area contributed by atoms with Gasteiger partial charge in [0.1, 0.15) is 0 Å². The Balaban J connectivity index is 3.10. The van der Waals surface area contributed by atoms with E-state index in [1.54, 1.807) is 6.07 Å². The number of nitrogens with one attached hydrogen (secondary N) is 1. The number of rotatable bonds is 7. The molecule has 0 aliphatic rings. The van der Waals surface area contributed by atoms with Gasteiger partial charge in [0.2, 0.25) is 10.0 Å². The lowest BCUT2D eigenvalue weighted by Crippen LogP contribution is -2.32. The summed E-state index contributed by atoms with van der Waals surface area (Å²) in [4.78, 5) is 1.25. The van der Waals surface area contributed by atoms with Crippen molar-refractivity contribution >= 4 is 21.4 Å². The van der Waals surface area contributed by atoms with E-state index in [9.17, 15) is 8.42 Å². The molecule has 0 unspecified atom stereocenters. The van der Waals surface area contributed by atoms with Gasteiger partial charge < -0.3 is 5.32 Å². The van der Waals surface area contributed by atoms with Crippen LogP contribution in [0.2, 0.25) is 0 Å². The average molecular weight is 288 g/mol. The van der Waals surface area contributed by atoms with Crippen LogP contribution in [0.15, 0.2) is 28.5 Å². The predicted octanol–water partition coefficient (Wildman–Crippen LogP) is 2.05. The first kappa shape index (κ1) is 15.4. The first-order valence-electron chi connectivity index (χ1n) is 5.79. The normalized spacial score (nSPS) is 12.0. The van der Waals surface area contributed by atoms with Gasteiger partial charge in [-0.05, 0) is 25.4 Å². The quantitative estimate of drug-likeness (QED) is 0.781. The van der Waals surface area contributed by atoms with Gasteiger partial charge in [-0.2, -0.15) is 4.31 Å². The molecule has 1 aromatic rings. The fourth-order valence-corrected chi connectivity index (χ4v) is 4.59. The first-order chi connectivity index (χ1) is 8.43. The third-order valence-electron chi connectivity index (χ3n) is 2.46. The molecule has 0 atom stereocenters. The Labute approximate surface area is 113 Å². The molecule has 0 saturated carbocycles. The highest BCUT2D eigenvalue weighted by Crippen LogP contribution is 2.25. The molecule has 0 aromatic carbocycles. The topological polar surface area (TPSA) is 49.4 Å². The first-order valence-corrected chi connectivity index (χ1v) is 8.11. The lowest BCUT2D eigenvalue weighted by Gasteiger charge is -2.20. The van der Waals surface area contributed by atoms with Gasteiger partial charge in [-0.3, -0.25) is 0 Å². The number of hydrogen-bond donors (Lipinski definition) is 1. The van der Waals surface area contributed by atoms with Crippen molar-refractivity contribution in [3.8, 4) is 0 Å². The van der Waals surface area contributed by atoms with Crippen molar-refractivity contribution in [3.05, 3.63) is 28.5 Å². The Hall–Kier alpha value is -0.690. The fraction of sp³-hybridized carbons (Fsp3) is 0.500. The monoisotopic (exact) mass is 288 g/mol. The van der Waals surface area contributed by atoms with Crippen LogP contribution < -0.4 is 5.32 Å². The largest absolute Gasteiger partial charge is 0.315 e. The average Bonchev–Trinajstić information content (AvgIpc) is 2.74. The summed E-state index contributed by atoms with van der Waals surface area (Å²) in [5.74, 6) is 0. The molecule has 0 aliphatic heterocycles. The zero-order chi connectivity index (χ0) is 13.8. The minimum absolute atomic E-state index is 0.369. The van der Waals surface area contributed by atoms with Crippen molar-refractivity contribution in [1.82, 2.24) is 9.62 Å². The highest BCUT2D eigenvalue weighted by Gasteiger charge is 2.26. The maximum absolute atomic E-state index is 12.5. The summed E-state index contributed by atoms with van der Waals surface area (Å²) in [6, 6.07) is 1.67. The molecule has 0 spiro atoms. The minimum Gasteiger partial charge on any atom is -0.315 e. The Morgan fingerprint density at radius 1 is 1.56 bits per heavy atom. The molecular weight excluding hydrogens is 268 g/mol. The van der Waals surface area contributed by atoms with Crippen molar-refractivity contribution in [2.45, 2.75) is 25.3 Å². The van der Waals surface area contributed by atoms with Crippen molar-refractivity contribution in [3.63, 3.8) is 0 Å². The van der Waals surface area contributed by atoms with Crippen molar-refractivity contribution < 1.29 is 8.42 Å². The highest BCUT2D eigenvalue weighted by atomic mass is 32.2. The van der Waals surface area contributed by atoms with E-state index in [1.165, 1.54) is 15.6 Å². The molecule has 1 aromatic heterocycles. The maximum atomic E-state index is 12.5. The smallest absolute Gasteiger partial charge is 0.244 e. The van der Waals surface area contributed by atoms with Crippen molar-refractivity contribution in [2.24, 2.45) is 0 Å². The fourth-order valence-electron chi connectivity index (χ4n) is 1.66. The van der Waals surface area contributed by atoms with Crippen LogP contribution in [-0.4, -0.2) is 32.9 Å². The molecule has 0 aliphatic carbocycles. The highest BCUT2D eigenvalue weighted by molar-refractivity contribution is 7.89. The second kappa shape index (κ2) is 6.47. The Morgan fingerprint density at radius 3 is 2.72 bits per heavy atom. The Bertz CT molecular complexity index is 506. The summed E-state index contributed by atoms with van der Waals surface area (Å²) in [5, 5.41) is 4.80. The second-order valence-corrected chi connectivity index (χ2v) is 7.03. The van der Waals surface area contributed by atoms with Crippen LogP contribution in [0.1, 0.15) is 18.7 Å². The molecule has 1 heterocycles. The molecule has 6 heteroatoms. The van der Waals surface area contributed by atoms with Gasteiger partial charge in [-0.15, -0.1) is 11.3 Å². The molecule has 18 heavy (non-hydrogen) atoms. The third-order valence-corrected chi connectivity index (χ3v) is 5.51. The van der Waals surface area contributed by atoms with Gasteiger partial charge in [0.15, 0.2) is 0 Å². The third kappa shape index (κ3) is 3.41. The SMILES string of the molecule is C=C(C)CN(CC)S(=O)(=O)c1ccsc1CNC. The zero-order valence-corrected chi connectivity index (χ0v) is 12.7. The van der Waals surface area contributed by atoms with E-state index < -0.39 is 10.0 Å². The van der Waals surface area contributed by atoms with Crippen LogP contribution in [-0.2, 0) is 16.6 Å². The van der Waals surface area contributed by atoms with Crippen LogP contribution in [0.4, 0.5) is 0 Å². The molecule has 0 radical (unpaired) electrons. The summed E-state index contributed by atoms with van der Waals surface area (Å²) < 4.78 is 26.5. The maximum Gasteiger partial charge on any atom is 0.244 e. The number of likely N-dealkylation sites (N-methyl/N-ethyl adjacent to an activating group) is 1. The number of nitrogens with zero attached hydrogens (tertiary/aromatic N) is 1. The molecule has 4 nitrogen and oxygen atoms in total. The molecule has 0 bridgehead atoms. The van der Waals surface area contributed by atoms with Gasteiger partial charge in [-0.1, -0.05) is 19.1 Å². The van der Waals surface area contributed by atoms with Crippen LogP contribution in [0.25, 0.3) is 0 Å². The van der Waals surface area contributed by atoms with Crippen molar-refractivity contribution in [2.75, 3.05) is 20.1 Å². The van der Waals surface area contributed by atoms with E-state index in [4.69, 9.17) is 0 Å². The van der Waals surface area contributed by atoms with E-state index in [2.05, 4.69) is 11.9 Å². The molecule has 102 valence electrons. The van der Waals surface area contributed by atoms with Gasteiger partial charge >= 0.3 is 0 Å². The van der Waals surface area contributed by atoms with Gasteiger partial charge in [0.25, 0.3) is 0 Å². The summed E-state index contributed by atoms with van der Waals surface area (Å²) in [6.45, 7) is 8.84. The summed E-state index contributed by atoms with van der Waals surface area (Å²) in [6.07, 6.45) is 0. The molecule has 0 fully saturated rings. The Morgan fingerprint density at radius 2 is 2.22 bits per heavy atom. The molecule has 1 rings (SSSR count). The van der Waals surface area contributed by atoms with E-state index in [0.29, 0.717) is 24.5 Å². The van der Waals surface area contributed by atoms with Gasteiger partial charge in [0, 0.05) is 24.5 Å². The number of hydrogen-bond acceptors (Lipinski definition) is 4. The summed E-state index contributed by atoms with van der Waals surface area (Å²) in [7, 11) is -1.61. The van der Waals surface area contributed by atoms with Crippen molar-refractivity contribution in [1.29, 1.82) is 0 Å². The second-order valence-electron chi connectivity index (χ2n) is 4.13. The predicted molar refractivity (Wildman–Crippen MR) is 76.3 cm³/mol. The van der Waals surface area contributed by atoms with E-state index in [0.717, 1.165) is 10.5 Å². The zero-order valence-electron chi connectivity index (χ0n) is 11.1. The standard InChI is InChI=1S/C12H20N2O2S2/c1-5-14(9-10(2)3)18(15,16)12-6-7-17-11(12)8-13-4/h6-7,13H,2,5,8-9H2,1,3-4H3. The summed E-state index contributed by atoms with van der Waals surface area (Å²) in [5.41, 5.74) is 0.839. The van der Waals surface area contributed by atoms with E-state index in [-0.39, 0.29) is 0 Å². The summed E-state index contributed by atoms with van der Waals surface area (Å²) >= 11 is 1.46. The van der Waals surface area contributed by atoms with Crippen LogP contribution >= 0.6 is 11.3 Å². The lowest BCUT2D eigenvalue weighted by molar-refractivity contribution is 0.452. The van der Waals surface area contributed by atoms with Crippen LogP contribution in [0, 0.1) is 0 Å². The van der Waals surface area contributed by atoms with E-state index in [1.807, 2.05) is 26.3 Å². The minimum atomic E-state index is -3.41. The molecule has 0 amide bonds. The lowest BCUT2D eigenvalue weighted by atomic mass is 10.3.